The molecule has 2 aromatic heterocycles. The molecule has 6 nitrogen and oxygen atoms in total. The molecular formula is C21H20N4O2S. The highest BCUT2D eigenvalue weighted by Gasteiger charge is 2.22. The van der Waals surface area contributed by atoms with Crippen LogP contribution < -0.4 is 5.56 Å². The monoisotopic (exact) mass is 392 g/mol. The van der Waals surface area contributed by atoms with E-state index in [1.54, 1.807) is 13.1 Å². The van der Waals surface area contributed by atoms with Crippen LogP contribution in [0, 0.1) is 13.8 Å². The van der Waals surface area contributed by atoms with Crippen molar-refractivity contribution in [3.8, 4) is 0 Å². The molecule has 1 unspecified atom stereocenters. The van der Waals surface area contributed by atoms with Crippen molar-refractivity contribution in [3.63, 3.8) is 0 Å². The van der Waals surface area contributed by atoms with E-state index < -0.39 is 0 Å². The van der Waals surface area contributed by atoms with Crippen LogP contribution in [0.4, 0.5) is 0 Å². The zero-order chi connectivity index (χ0) is 20.0. The number of aromatic nitrogens is 4. The van der Waals surface area contributed by atoms with Crippen molar-refractivity contribution in [2.45, 2.75) is 31.2 Å². The third kappa shape index (κ3) is 2.92. The second-order valence-electron chi connectivity index (χ2n) is 6.92. The predicted molar refractivity (Wildman–Crippen MR) is 111 cm³/mol. The molecule has 1 atom stereocenters. The summed E-state index contributed by atoms with van der Waals surface area (Å²) in [4.78, 5) is 25.5. The Kier molecular flexibility index (Phi) is 4.55. The van der Waals surface area contributed by atoms with Crippen molar-refractivity contribution in [1.82, 2.24) is 19.2 Å². The van der Waals surface area contributed by atoms with Crippen molar-refractivity contribution in [2.24, 2.45) is 7.05 Å². The van der Waals surface area contributed by atoms with Gasteiger partial charge in [-0.1, -0.05) is 36.0 Å². The van der Waals surface area contributed by atoms with E-state index in [0.717, 1.165) is 16.6 Å². The summed E-state index contributed by atoms with van der Waals surface area (Å²) < 4.78 is 3.32. The van der Waals surface area contributed by atoms with Gasteiger partial charge in [0, 0.05) is 12.6 Å². The summed E-state index contributed by atoms with van der Waals surface area (Å²) in [6.45, 7) is 5.90. The van der Waals surface area contributed by atoms with Crippen LogP contribution in [0.3, 0.4) is 0 Å². The Morgan fingerprint density at radius 2 is 1.82 bits per heavy atom. The molecule has 7 heteroatoms. The smallest absolute Gasteiger partial charge is 0.262 e. The molecule has 0 saturated carbocycles. The largest absolute Gasteiger partial charge is 0.293 e. The molecule has 4 aromatic rings. The first-order valence-electron chi connectivity index (χ1n) is 8.99. The Balaban J connectivity index is 1.77. The van der Waals surface area contributed by atoms with Gasteiger partial charge in [0.05, 0.1) is 16.2 Å². The third-order valence-corrected chi connectivity index (χ3v) is 6.08. The molecule has 4 rings (SSSR count). The van der Waals surface area contributed by atoms with Crippen molar-refractivity contribution in [1.29, 1.82) is 0 Å². The molecule has 0 amide bonds. The quantitative estimate of drug-likeness (QED) is 0.392. The highest BCUT2D eigenvalue weighted by molar-refractivity contribution is 8.00. The van der Waals surface area contributed by atoms with Crippen LogP contribution in [0.1, 0.15) is 28.4 Å². The summed E-state index contributed by atoms with van der Waals surface area (Å²) in [6.07, 6.45) is 0. The summed E-state index contributed by atoms with van der Waals surface area (Å²) in [5, 5.41) is 9.28. The number of para-hydroxylation sites is 1. The molecule has 0 fully saturated rings. The van der Waals surface area contributed by atoms with Crippen LogP contribution in [-0.2, 0) is 7.05 Å². The maximum Gasteiger partial charge on any atom is 0.262 e. The molecule has 0 saturated heterocycles. The summed E-state index contributed by atoms with van der Waals surface area (Å²) in [5.41, 5.74) is 3.56. The topological polar surface area (TPSA) is 69.3 Å². The number of thioether (sulfide) groups is 1. The zero-order valence-electron chi connectivity index (χ0n) is 16.1. The summed E-state index contributed by atoms with van der Waals surface area (Å²) in [5.74, 6) is 0.496. The number of nitrogens with zero attached hydrogens (tertiary/aromatic N) is 4. The zero-order valence-corrected chi connectivity index (χ0v) is 16.9. The third-order valence-electron chi connectivity index (χ3n) is 5.04. The Morgan fingerprint density at radius 3 is 2.57 bits per heavy atom. The Bertz CT molecular complexity index is 1290. The molecular weight excluding hydrogens is 372 g/mol. The predicted octanol–water partition coefficient (Wildman–Crippen LogP) is 3.56. The average Bonchev–Trinajstić information content (AvgIpc) is 3.11. The molecule has 2 aromatic carbocycles. The molecule has 0 aliphatic heterocycles. The second-order valence-corrected chi connectivity index (χ2v) is 8.23. The van der Waals surface area contributed by atoms with Gasteiger partial charge in [-0.3, -0.25) is 18.6 Å². The molecule has 0 radical (unpaired) electrons. The number of aryl methyl sites for hydroxylation is 3. The van der Waals surface area contributed by atoms with E-state index in [-0.39, 0.29) is 16.6 Å². The van der Waals surface area contributed by atoms with Gasteiger partial charge < -0.3 is 0 Å². The second kappa shape index (κ2) is 6.91. The number of carbonyl (C=O) groups is 1. The summed E-state index contributed by atoms with van der Waals surface area (Å²) in [7, 11) is 1.68. The van der Waals surface area contributed by atoms with E-state index in [1.165, 1.54) is 16.3 Å². The van der Waals surface area contributed by atoms with Gasteiger partial charge in [0.25, 0.3) is 5.56 Å². The number of fused-ring (bicyclic) bond motifs is 3. The molecule has 0 aliphatic carbocycles. The highest BCUT2D eigenvalue weighted by Crippen LogP contribution is 2.27. The van der Waals surface area contributed by atoms with Gasteiger partial charge in [0.15, 0.2) is 10.9 Å². The van der Waals surface area contributed by atoms with Gasteiger partial charge in [0.2, 0.25) is 5.78 Å². The van der Waals surface area contributed by atoms with Crippen LogP contribution in [0.25, 0.3) is 16.7 Å². The lowest BCUT2D eigenvalue weighted by Gasteiger charge is -2.12. The van der Waals surface area contributed by atoms with Crippen molar-refractivity contribution in [2.75, 3.05) is 0 Å². The fraction of sp³-hybridized carbons (Fsp3) is 0.238. The SMILES string of the molecule is Cc1ccc(C(=O)C(C)Sc2nnc3n(C)c(=O)c4ccccc4n23)cc1C. The minimum absolute atomic E-state index is 0.0407. The van der Waals surface area contributed by atoms with Gasteiger partial charge in [-0.05, 0) is 50.1 Å². The first-order valence-corrected chi connectivity index (χ1v) is 9.87. The van der Waals surface area contributed by atoms with Crippen LogP contribution in [-0.4, -0.2) is 30.2 Å². The lowest BCUT2D eigenvalue weighted by Crippen LogP contribution is -2.20. The van der Waals surface area contributed by atoms with E-state index >= 15 is 0 Å². The number of hydrogen-bond donors (Lipinski definition) is 0. The minimum atomic E-state index is -0.342. The van der Waals surface area contributed by atoms with Gasteiger partial charge in [-0.25, -0.2) is 0 Å². The minimum Gasteiger partial charge on any atom is -0.293 e. The Hall–Kier alpha value is -2.93. The molecule has 142 valence electrons. The molecule has 0 aliphatic rings. The molecule has 28 heavy (non-hydrogen) atoms. The number of benzene rings is 2. The van der Waals surface area contributed by atoms with Crippen LogP contribution >= 0.6 is 11.8 Å². The lowest BCUT2D eigenvalue weighted by molar-refractivity contribution is 0.0994. The number of hydrogen-bond acceptors (Lipinski definition) is 5. The maximum atomic E-state index is 12.9. The Morgan fingerprint density at radius 1 is 1.07 bits per heavy atom. The van der Waals surface area contributed by atoms with Crippen LogP contribution in [0.5, 0.6) is 0 Å². The standard InChI is InChI=1S/C21H20N4O2S/c1-12-9-10-15(11-13(12)2)18(26)14(3)28-21-23-22-20-24(4)19(27)16-7-5-6-8-17(16)25(20)21/h5-11,14H,1-4H3. The fourth-order valence-electron chi connectivity index (χ4n) is 3.23. The number of ketones is 1. The van der Waals surface area contributed by atoms with E-state index in [4.69, 9.17) is 0 Å². The van der Waals surface area contributed by atoms with Crippen LogP contribution in [0.2, 0.25) is 0 Å². The molecule has 2 heterocycles. The van der Waals surface area contributed by atoms with E-state index in [9.17, 15) is 9.59 Å². The van der Waals surface area contributed by atoms with E-state index in [1.807, 2.05) is 61.6 Å². The molecule has 0 spiro atoms. The van der Waals surface area contributed by atoms with Crippen molar-refractivity contribution >= 4 is 34.2 Å². The van der Waals surface area contributed by atoms with Crippen LogP contribution in [0.15, 0.2) is 52.4 Å². The summed E-state index contributed by atoms with van der Waals surface area (Å²) in [6, 6.07) is 13.1. The number of rotatable bonds is 4. The molecule has 0 N–H and O–H groups in total. The lowest BCUT2D eigenvalue weighted by atomic mass is 10.0. The van der Waals surface area contributed by atoms with Gasteiger partial charge in [-0.2, -0.15) is 0 Å². The number of Topliss-reactive ketones (excluding diaryl/α,β-unsaturated/α-hetero) is 1. The van der Waals surface area contributed by atoms with E-state index in [0.29, 0.717) is 21.9 Å². The van der Waals surface area contributed by atoms with Gasteiger partial charge in [0.1, 0.15) is 0 Å². The van der Waals surface area contributed by atoms with Crippen molar-refractivity contribution < 1.29 is 4.79 Å². The molecule has 0 bridgehead atoms. The first-order chi connectivity index (χ1) is 13.4. The summed E-state index contributed by atoms with van der Waals surface area (Å²) >= 11 is 1.35. The van der Waals surface area contributed by atoms with Gasteiger partial charge >= 0.3 is 0 Å². The fourth-order valence-corrected chi connectivity index (χ4v) is 4.16. The average molecular weight is 392 g/mol. The Labute approximate surface area is 166 Å². The van der Waals surface area contributed by atoms with Crippen molar-refractivity contribution in [3.05, 3.63) is 69.5 Å². The maximum absolute atomic E-state index is 12.9. The normalized spacial score (nSPS) is 12.6. The van der Waals surface area contributed by atoms with Gasteiger partial charge in [-0.15, -0.1) is 10.2 Å². The first kappa shape index (κ1) is 18.4. The van der Waals surface area contributed by atoms with E-state index in [2.05, 4.69) is 10.2 Å². The highest BCUT2D eigenvalue weighted by atomic mass is 32.2. The number of carbonyl (C=O) groups excluding carboxylic acids is 1.